The first kappa shape index (κ1) is 21.0. The van der Waals surface area contributed by atoms with Crippen LogP contribution in [0.4, 0.5) is 0 Å². The molecule has 0 N–H and O–H groups in total. The maximum atomic E-state index is 2.50. The van der Waals surface area contributed by atoms with Crippen molar-refractivity contribution >= 4 is 0 Å². The molecule has 0 nitrogen and oxygen atoms in total. The molecular weight excluding hydrogens is 252 g/mol. The molecule has 0 bridgehead atoms. The molecule has 0 spiro atoms. The zero-order valence-electron chi connectivity index (χ0n) is 16.3. The minimum Gasteiger partial charge on any atom is -0.0654 e. The third-order valence-electron chi connectivity index (χ3n) is 5.57. The van der Waals surface area contributed by atoms with Gasteiger partial charge in [0.05, 0.1) is 0 Å². The fourth-order valence-electron chi connectivity index (χ4n) is 3.83. The van der Waals surface area contributed by atoms with E-state index in [0.717, 1.165) is 29.6 Å². The molecule has 0 amide bonds. The summed E-state index contributed by atoms with van der Waals surface area (Å²) in [6.45, 7) is 16.8. The smallest absolute Gasteiger partial charge is 0.0391 e. The van der Waals surface area contributed by atoms with Gasteiger partial charge in [0.2, 0.25) is 0 Å². The normalized spacial score (nSPS) is 17.7. The lowest BCUT2D eigenvalue weighted by molar-refractivity contribution is 0.262. The Morgan fingerprint density at radius 1 is 0.667 bits per heavy atom. The summed E-state index contributed by atoms with van der Waals surface area (Å²) in [5.41, 5.74) is 0. The average molecular weight is 297 g/mol. The predicted molar refractivity (Wildman–Crippen MR) is 98.7 cm³/mol. The molecule has 0 aromatic heterocycles. The Kier molecular flexibility index (Phi) is 12.5. The maximum Gasteiger partial charge on any atom is -0.0391 e. The van der Waals surface area contributed by atoms with Gasteiger partial charge in [-0.3, -0.25) is 0 Å². The summed E-state index contributed by atoms with van der Waals surface area (Å²) in [4.78, 5) is 0. The van der Waals surface area contributed by atoms with Gasteiger partial charge in [0, 0.05) is 0 Å². The van der Waals surface area contributed by atoms with Gasteiger partial charge in [-0.2, -0.15) is 0 Å². The van der Waals surface area contributed by atoms with E-state index in [0.29, 0.717) is 0 Å². The lowest BCUT2D eigenvalue weighted by atomic mass is 9.80. The van der Waals surface area contributed by atoms with Crippen molar-refractivity contribution in [3.63, 3.8) is 0 Å². The van der Waals surface area contributed by atoms with E-state index in [1.165, 1.54) is 57.8 Å². The summed E-state index contributed by atoms with van der Waals surface area (Å²) in [6.07, 6.45) is 12.7. The van der Waals surface area contributed by atoms with E-state index in [1.807, 2.05) is 0 Å². The second-order valence-corrected chi connectivity index (χ2v) is 8.10. The van der Waals surface area contributed by atoms with E-state index in [2.05, 4.69) is 48.5 Å². The van der Waals surface area contributed by atoms with Crippen molar-refractivity contribution in [1.82, 2.24) is 0 Å². The molecule has 0 saturated heterocycles. The molecule has 4 unspecified atom stereocenters. The van der Waals surface area contributed by atoms with Crippen LogP contribution in [0.2, 0.25) is 0 Å². The predicted octanol–water partition coefficient (Wildman–Crippen LogP) is 7.72. The van der Waals surface area contributed by atoms with Crippen LogP contribution in [0, 0.1) is 29.6 Å². The SMILES string of the molecule is CCCC(C)C(CC)CCC(C)CC(CC)CCC(C)C. The van der Waals surface area contributed by atoms with Crippen molar-refractivity contribution in [3.8, 4) is 0 Å². The van der Waals surface area contributed by atoms with Gasteiger partial charge in [-0.05, 0) is 42.4 Å². The molecule has 0 aliphatic heterocycles. The minimum atomic E-state index is 0.869. The first-order valence-corrected chi connectivity index (χ1v) is 9.94. The summed E-state index contributed by atoms with van der Waals surface area (Å²) in [6, 6.07) is 0. The summed E-state index contributed by atoms with van der Waals surface area (Å²) in [7, 11) is 0. The van der Waals surface area contributed by atoms with Gasteiger partial charge in [-0.15, -0.1) is 0 Å². The van der Waals surface area contributed by atoms with Crippen molar-refractivity contribution in [3.05, 3.63) is 0 Å². The molecule has 0 heteroatoms. The molecule has 128 valence electrons. The van der Waals surface area contributed by atoms with Gasteiger partial charge in [0.15, 0.2) is 0 Å². The lowest BCUT2D eigenvalue weighted by Crippen LogP contribution is -2.14. The van der Waals surface area contributed by atoms with Crippen molar-refractivity contribution in [2.24, 2.45) is 29.6 Å². The Hall–Kier alpha value is 0. The molecule has 0 aliphatic carbocycles. The molecule has 0 saturated carbocycles. The van der Waals surface area contributed by atoms with Gasteiger partial charge in [0.1, 0.15) is 0 Å². The molecule has 0 heterocycles. The van der Waals surface area contributed by atoms with E-state index >= 15 is 0 Å². The topological polar surface area (TPSA) is 0 Å². The first-order chi connectivity index (χ1) is 9.94. The lowest BCUT2D eigenvalue weighted by Gasteiger charge is -2.25. The van der Waals surface area contributed by atoms with Crippen molar-refractivity contribution < 1.29 is 0 Å². The summed E-state index contributed by atoms with van der Waals surface area (Å²) >= 11 is 0. The van der Waals surface area contributed by atoms with E-state index in [-0.39, 0.29) is 0 Å². The standard InChI is InChI=1S/C21H44/c1-8-11-19(7)21(10-3)15-13-18(6)16-20(9-2)14-12-17(4)5/h17-21H,8-16H2,1-7H3. The highest BCUT2D eigenvalue weighted by molar-refractivity contribution is 4.69. The Morgan fingerprint density at radius 2 is 1.33 bits per heavy atom. The van der Waals surface area contributed by atoms with Crippen LogP contribution in [-0.4, -0.2) is 0 Å². The van der Waals surface area contributed by atoms with Gasteiger partial charge < -0.3 is 0 Å². The minimum absolute atomic E-state index is 0.869. The Labute approximate surface area is 136 Å². The summed E-state index contributed by atoms with van der Waals surface area (Å²) in [5.74, 6) is 4.65. The van der Waals surface area contributed by atoms with Gasteiger partial charge in [0.25, 0.3) is 0 Å². The third kappa shape index (κ3) is 10.4. The van der Waals surface area contributed by atoms with Crippen LogP contribution >= 0.6 is 0 Å². The van der Waals surface area contributed by atoms with Crippen molar-refractivity contribution in [2.45, 2.75) is 106 Å². The average Bonchev–Trinajstić information content (AvgIpc) is 2.44. The second kappa shape index (κ2) is 12.5. The van der Waals surface area contributed by atoms with Crippen molar-refractivity contribution in [2.75, 3.05) is 0 Å². The summed E-state index contributed by atoms with van der Waals surface area (Å²) in [5, 5.41) is 0. The van der Waals surface area contributed by atoms with E-state index in [9.17, 15) is 0 Å². The van der Waals surface area contributed by atoms with Crippen LogP contribution in [0.25, 0.3) is 0 Å². The highest BCUT2D eigenvalue weighted by Gasteiger charge is 2.17. The van der Waals surface area contributed by atoms with Gasteiger partial charge in [-0.1, -0.05) is 93.4 Å². The fourth-order valence-corrected chi connectivity index (χ4v) is 3.83. The number of rotatable bonds is 13. The van der Waals surface area contributed by atoms with Crippen LogP contribution in [0.3, 0.4) is 0 Å². The quantitative estimate of drug-likeness (QED) is 0.326. The second-order valence-electron chi connectivity index (χ2n) is 8.10. The Bertz CT molecular complexity index is 218. The molecule has 0 aromatic carbocycles. The fraction of sp³-hybridized carbons (Fsp3) is 1.00. The van der Waals surface area contributed by atoms with Gasteiger partial charge >= 0.3 is 0 Å². The molecule has 0 aromatic rings. The number of hydrogen-bond donors (Lipinski definition) is 0. The molecular formula is C21H44. The monoisotopic (exact) mass is 296 g/mol. The molecule has 0 radical (unpaired) electrons. The largest absolute Gasteiger partial charge is 0.0654 e. The molecule has 0 rings (SSSR count). The first-order valence-electron chi connectivity index (χ1n) is 9.94. The third-order valence-corrected chi connectivity index (χ3v) is 5.57. The van der Waals surface area contributed by atoms with Gasteiger partial charge in [-0.25, -0.2) is 0 Å². The Balaban J connectivity index is 4.06. The van der Waals surface area contributed by atoms with Crippen LogP contribution in [0.1, 0.15) is 106 Å². The highest BCUT2D eigenvalue weighted by Crippen LogP contribution is 2.30. The number of hydrogen-bond acceptors (Lipinski definition) is 0. The molecule has 21 heavy (non-hydrogen) atoms. The zero-order valence-corrected chi connectivity index (χ0v) is 16.3. The van der Waals surface area contributed by atoms with E-state index in [1.54, 1.807) is 0 Å². The van der Waals surface area contributed by atoms with E-state index < -0.39 is 0 Å². The van der Waals surface area contributed by atoms with Crippen LogP contribution < -0.4 is 0 Å². The van der Waals surface area contributed by atoms with E-state index in [4.69, 9.17) is 0 Å². The Morgan fingerprint density at radius 3 is 1.81 bits per heavy atom. The molecule has 4 atom stereocenters. The highest BCUT2D eigenvalue weighted by atomic mass is 14.2. The molecule has 0 aliphatic rings. The van der Waals surface area contributed by atoms with Crippen molar-refractivity contribution in [1.29, 1.82) is 0 Å². The van der Waals surface area contributed by atoms with Crippen LogP contribution in [0.5, 0.6) is 0 Å². The maximum absolute atomic E-state index is 2.50. The molecule has 0 fully saturated rings. The van der Waals surface area contributed by atoms with Crippen LogP contribution in [0.15, 0.2) is 0 Å². The summed E-state index contributed by atoms with van der Waals surface area (Å²) < 4.78 is 0. The van der Waals surface area contributed by atoms with Crippen LogP contribution in [-0.2, 0) is 0 Å². The zero-order chi connectivity index (χ0) is 16.3.